The molecular weight excluding hydrogens is 504 g/mol. The van der Waals surface area contributed by atoms with E-state index in [4.69, 9.17) is 4.74 Å². The zero-order chi connectivity index (χ0) is 28.6. The molecule has 0 spiro atoms. The van der Waals surface area contributed by atoms with E-state index >= 15 is 0 Å². The summed E-state index contributed by atoms with van der Waals surface area (Å²) in [7, 11) is 0. The number of carbonyl (C=O) groups excluding carboxylic acids is 3. The van der Waals surface area contributed by atoms with Crippen molar-refractivity contribution in [3.05, 3.63) is 101 Å². The Morgan fingerprint density at radius 2 is 1.50 bits per heavy atom. The van der Waals surface area contributed by atoms with E-state index in [0.717, 1.165) is 12.0 Å². The Bertz CT molecular complexity index is 1370. The molecule has 8 heteroatoms. The Kier molecular flexibility index (Phi) is 9.22. The van der Waals surface area contributed by atoms with Crippen molar-refractivity contribution in [2.45, 2.75) is 46.1 Å². The number of amides is 4. The highest BCUT2D eigenvalue weighted by Crippen LogP contribution is 2.37. The molecule has 1 aliphatic rings. The number of hydrogen-bond donors (Lipinski definition) is 3. The molecule has 4 amide bonds. The number of rotatable bonds is 9. The topological polar surface area (TPSA) is 99.8 Å². The van der Waals surface area contributed by atoms with Gasteiger partial charge in [-0.15, -0.1) is 0 Å². The van der Waals surface area contributed by atoms with Gasteiger partial charge in [0.05, 0.1) is 23.9 Å². The molecule has 3 N–H and O–H groups in total. The van der Waals surface area contributed by atoms with Crippen molar-refractivity contribution in [2.75, 3.05) is 23.8 Å². The highest BCUT2D eigenvalue weighted by atomic mass is 16.5. The van der Waals surface area contributed by atoms with E-state index in [1.807, 2.05) is 61.5 Å². The molecule has 0 fully saturated rings. The van der Waals surface area contributed by atoms with Gasteiger partial charge in [-0.1, -0.05) is 75.4 Å². The van der Waals surface area contributed by atoms with Crippen molar-refractivity contribution in [1.29, 1.82) is 0 Å². The minimum Gasteiger partial charge on any atom is -0.463 e. The van der Waals surface area contributed by atoms with Gasteiger partial charge in [0.15, 0.2) is 0 Å². The summed E-state index contributed by atoms with van der Waals surface area (Å²) < 4.78 is 5.46. The van der Waals surface area contributed by atoms with Crippen LogP contribution in [0.3, 0.4) is 0 Å². The number of anilines is 2. The van der Waals surface area contributed by atoms with Gasteiger partial charge in [-0.05, 0) is 60.2 Å². The molecule has 0 saturated carbocycles. The zero-order valence-electron chi connectivity index (χ0n) is 23.4. The van der Waals surface area contributed by atoms with Gasteiger partial charge in [-0.3, -0.25) is 4.90 Å². The first-order chi connectivity index (χ1) is 19.3. The average Bonchev–Trinajstić information content (AvgIpc) is 2.95. The number of carbonyl (C=O) groups is 3. The van der Waals surface area contributed by atoms with Crippen LogP contribution in [0.2, 0.25) is 0 Å². The predicted molar refractivity (Wildman–Crippen MR) is 158 cm³/mol. The van der Waals surface area contributed by atoms with E-state index in [9.17, 15) is 14.4 Å². The molecule has 1 aliphatic heterocycles. The largest absolute Gasteiger partial charge is 0.463 e. The molecule has 4 rings (SSSR count). The predicted octanol–water partition coefficient (Wildman–Crippen LogP) is 6.90. The maximum atomic E-state index is 13.3. The van der Waals surface area contributed by atoms with E-state index in [1.54, 1.807) is 36.1 Å². The Balaban J connectivity index is 1.61. The molecule has 0 bridgehead atoms. The maximum Gasteiger partial charge on any atom is 0.338 e. The van der Waals surface area contributed by atoms with Crippen LogP contribution in [0.15, 0.2) is 84.4 Å². The maximum absolute atomic E-state index is 13.3. The van der Waals surface area contributed by atoms with Crippen LogP contribution in [0.1, 0.15) is 62.8 Å². The molecule has 8 nitrogen and oxygen atoms in total. The van der Waals surface area contributed by atoms with Crippen LogP contribution < -0.4 is 16.0 Å². The molecule has 1 atom stereocenters. The SMILES string of the molecule is CCCN1C(=O)NC(c2ccc(NC(=O)Nc3ccc(C(C)C)cc3)cc2)C(C(=O)OCC)=C1c1ccccc1. The number of nitrogens with one attached hydrogen (secondary N) is 3. The van der Waals surface area contributed by atoms with Gasteiger partial charge in [0, 0.05) is 17.9 Å². The monoisotopic (exact) mass is 540 g/mol. The lowest BCUT2D eigenvalue weighted by Gasteiger charge is -2.36. The molecule has 0 aromatic heterocycles. The Morgan fingerprint density at radius 3 is 2.05 bits per heavy atom. The van der Waals surface area contributed by atoms with Crippen LogP contribution in [0.4, 0.5) is 21.0 Å². The Hall–Kier alpha value is -4.59. The third-order valence-electron chi connectivity index (χ3n) is 6.65. The van der Waals surface area contributed by atoms with Crippen molar-refractivity contribution < 1.29 is 19.1 Å². The van der Waals surface area contributed by atoms with Crippen LogP contribution in [-0.2, 0) is 9.53 Å². The fourth-order valence-corrected chi connectivity index (χ4v) is 4.68. The van der Waals surface area contributed by atoms with Crippen LogP contribution in [0.25, 0.3) is 5.70 Å². The first-order valence-corrected chi connectivity index (χ1v) is 13.6. The summed E-state index contributed by atoms with van der Waals surface area (Å²) >= 11 is 0. The summed E-state index contributed by atoms with van der Waals surface area (Å²) in [5, 5.41) is 8.66. The van der Waals surface area contributed by atoms with Gasteiger partial charge in [-0.2, -0.15) is 0 Å². The van der Waals surface area contributed by atoms with Gasteiger partial charge in [0.2, 0.25) is 0 Å². The Morgan fingerprint density at radius 1 is 0.900 bits per heavy atom. The minimum atomic E-state index is -0.725. The first kappa shape index (κ1) is 28.4. The molecule has 0 aliphatic carbocycles. The van der Waals surface area contributed by atoms with Crippen LogP contribution >= 0.6 is 0 Å². The highest BCUT2D eigenvalue weighted by Gasteiger charge is 2.38. The van der Waals surface area contributed by atoms with Crippen LogP contribution in [0, 0.1) is 0 Å². The lowest BCUT2D eigenvalue weighted by molar-refractivity contribution is -0.138. The second-order valence-electron chi connectivity index (χ2n) is 9.86. The van der Waals surface area contributed by atoms with E-state index in [2.05, 4.69) is 29.8 Å². The number of hydrogen-bond acceptors (Lipinski definition) is 4. The van der Waals surface area contributed by atoms with E-state index in [-0.39, 0.29) is 18.7 Å². The van der Waals surface area contributed by atoms with Crippen LogP contribution in [0.5, 0.6) is 0 Å². The van der Waals surface area contributed by atoms with Gasteiger partial charge in [0.25, 0.3) is 0 Å². The zero-order valence-corrected chi connectivity index (χ0v) is 23.4. The molecular formula is C32H36N4O4. The van der Waals surface area contributed by atoms with E-state index < -0.39 is 12.0 Å². The summed E-state index contributed by atoms with van der Waals surface area (Å²) in [5.74, 6) is -0.0782. The standard InChI is InChI=1S/C32H36N4O4/c1-5-20-36-29(24-10-8-7-9-11-24)27(30(37)40-6-2)28(35-32(36)39)23-14-18-26(19-15-23)34-31(38)33-25-16-12-22(13-17-25)21(3)4/h7-19,21,28H,5-6,20H2,1-4H3,(H,35,39)(H2,33,34,38). The second-order valence-corrected chi connectivity index (χ2v) is 9.86. The molecule has 1 heterocycles. The lowest BCUT2D eigenvalue weighted by atomic mass is 9.91. The third-order valence-corrected chi connectivity index (χ3v) is 6.65. The highest BCUT2D eigenvalue weighted by molar-refractivity contribution is 6.05. The van der Waals surface area contributed by atoms with Crippen LogP contribution in [-0.4, -0.2) is 36.1 Å². The summed E-state index contributed by atoms with van der Waals surface area (Å²) in [5.41, 5.74) is 4.81. The molecule has 0 saturated heterocycles. The number of urea groups is 2. The minimum absolute atomic E-state index is 0.205. The summed E-state index contributed by atoms with van der Waals surface area (Å²) in [4.78, 5) is 40.8. The number of benzene rings is 3. The lowest BCUT2D eigenvalue weighted by Crippen LogP contribution is -2.48. The fourth-order valence-electron chi connectivity index (χ4n) is 4.68. The number of esters is 1. The summed E-state index contributed by atoms with van der Waals surface area (Å²) in [6.45, 7) is 8.62. The van der Waals surface area contributed by atoms with Gasteiger partial charge in [0.1, 0.15) is 0 Å². The molecule has 3 aromatic carbocycles. The van der Waals surface area contributed by atoms with Crippen molar-refractivity contribution >= 4 is 35.1 Å². The third kappa shape index (κ3) is 6.51. The molecule has 3 aromatic rings. The molecule has 1 unspecified atom stereocenters. The van der Waals surface area contributed by atoms with Crippen molar-refractivity contribution in [3.8, 4) is 0 Å². The smallest absolute Gasteiger partial charge is 0.338 e. The number of ether oxygens (including phenoxy) is 1. The first-order valence-electron chi connectivity index (χ1n) is 13.6. The fraction of sp³-hybridized carbons (Fsp3) is 0.281. The second kappa shape index (κ2) is 13.0. The van der Waals surface area contributed by atoms with E-state index in [0.29, 0.717) is 40.7 Å². The van der Waals surface area contributed by atoms with Crippen molar-refractivity contribution in [3.63, 3.8) is 0 Å². The number of nitrogens with zero attached hydrogens (tertiary/aromatic N) is 1. The summed E-state index contributed by atoms with van der Waals surface area (Å²) in [6.07, 6.45) is 0.717. The molecule has 0 radical (unpaired) electrons. The Labute approximate surface area is 235 Å². The van der Waals surface area contributed by atoms with Gasteiger partial charge < -0.3 is 20.7 Å². The summed E-state index contributed by atoms with van der Waals surface area (Å²) in [6, 6.07) is 22.8. The quantitative estimate of drug-likeness (QED) is 0.257. The normalized spacial score (nSPS) is 15.1. The van der Waals surface area contributed by atoms with Gasteiger partial charge >= 0.3 is 18.0 Å². The van der Waals surface area contributed by atoms with E-state index in [1.165, 1.54) is 5.56 Å². The average molecular weight is 541 g/mol. The van der Waals surface area contributed by atoms with Crippen molar-refractivity contribution in [1.82, 2.24) is 10.2 Å². The molecule has 208 valence electrons. The molecule has 40 heavy (non-hydrogen) atoms. The van der Waals surface area contributed by atoms with Gasteiger partial charge in [-0.25, -0.2) is 14.4 Å². The van der Waals surface area contributed by atoms with Crippen molar-refractivity contribution in [2.24, 2.45) is 0 Å².